The average Bonchev–Trinajstić information content (AvgIpc) is 3.12. The van der Waals surface area contributed by atoms with Crippen molar-refractivity contribution in [2.45, 2.75) is 6.42 Å². The van der Waals surface area contributed by atoms with Gasteiger partial charge in [-0.2, -0.15) is 0 Å². The van der Waals surface area contributed by atoms with Crippen LogP contribution in [0, 0.1) is 0 Å². The highest BCUT2D eigenvalue weighted by Crippen LogP contribution is 2.21. The highest BCUT2D eigenvalue weighted by molar-refractivity contribution is 6.30. The van der Waals surface area contributed by atoms with Crippen LogP contribution >= 0.6 is 11.6 Å². The van der Waals surface area contributed by atoms with Crippen molar-refractivity contribution in [2.24, 2.45) is 0 Å². The van der Waals surface area contributed by atoms with Gasteiger partial charge in [-0.3, -0.25) is 9.69 Å². The van der Waals surface area contributed by atoms with E-state index in [1.807, 2.05) is 36.5 Å². The highest BCUT2D eigenvalue weighted by Gasteiger charge is 2.19. The molecule has 0 radical (unpaired) electrons. The van der Waals surface area contributed by atoms with Crippen molar-refractivity contribution >= 4 is 34.1 Å². The molecule has 4 rings (SSSR count). The summed E-state index contributed by atoms with van der Waals surface area (Å²) in [6, 6.07) is 16.2. The number of H-pyrrole nitrogens is 1. The lowest BCUT2D eigenvalue weighted by atomic mass is 10.1. The minimum atomic E-state index is 0.0936. The van der Waals surface area contributed by atoms with Crippen LogP contribution in [0.5, 0.6) is 0 Å². The first-order valence-corrected chi connectivity index (χ1v) is 10.1. The van der Waals surface area contributed by atoms with Crippen LogP contribution in [0.2, 0.25) is 5.02 Å². The Hall–Kier alpha value is -2.50. The summed E-state index contributed by atoms with van der Waals surface area (Å²) in [4.78, 5) is 20.1. The van der Waals surface area contributed by atoms with E-state index in [1.165, 1.54) is 10.9 Å². The third-order valence-electron chi connectivity index (χ3n) is 5.30. The fourth-order valence-corrected chi connectivity index (χ4v) is 3.96. The molecule has 2 aromatic carbocycles. The highest BCUT2D eigenvalue weighted by atomic mass is 35.5. The number of rotatable bonds is 6. The van der Waals surface area contributed by atoms with Crippen LogP contribution in [0.3, 0.4) is 0 Å². The number of para-hydroxylation sites is 1. The van der Waals surface area contributed by atoms with Crippen LogP contribution in [0.25, 0.3) is 10.9 Å². The number of fused-ring (bicyclic) bond motifs is 1. The van der Waals surface area contributed by atoms with E-state index in [2.05, 4.69) is 38.3 Å². The van der Waals surface area contributed by atoms with Gasteiger partial charge in [0.2, 0.25) is 5.91 Å². The molecule has 0 atom stereocenters. The normalized spacial score (nSPS) is 15.1. The van der Waals surface area contributed by atoms with Gasteiger partial charge in [0.1, 0.15) is 0 Å². The summed E-state index contributed by atoms with van der Waals surface area (Å²) in [6.07, 6.45) is 2.87. The molecule has 0 unspecified atom stereocenters. The average molecular weight is 397 g/mol. The molecular weight excluding hydrogens is 372 g/mol. The number of anilines is 1. The monoisotopic (exact) mass is 396 g/mol. The van der Waals surface area contributed by atoms with Crippen molar-refractivity contribution in [3.8, 4) is 0 Å². The first kappa shape index (κ1) is 18.8. The lowest BCUT2D eigenvalue weighted by Crippen LogP contribution is -2.49. The number of benzene rings is 2. The van der Waals surface area contributed by atoms with Crippen LogP contribution in [-0.4, -0.2) is 55.1 Å². The van der Waals surface area contributed by atoms with Gasteiger partial charge < -0.3 is 15.2 Å². The molecular formula is C22H25ClN4O. The molecule has 3 aromatic rings. The molecule has 2 N–H and O–H groups in total. The topological polar surface area (TPSA) is 51.4 Å². The number of nitrogens with zero attached hydrogens (tertiary/aromatic N) is 2. The summed E-state index contributed by atoms with van der Waals surface area (Å²) in [6.45, 7) is 4.68. The zero-order chi connectivity index (χ0) is 19.3. The van der Waals surface area contributed by atoms with Crippen molar-refractivity contribution in [1.82, 2.24) is 15.2 Å². The summed E-state index contributed by atoms with van der Waals surface area (Å²) >= 11 is 6.09. The van der Waals surface area contributed by atoms with Crippen molar-refractivity contribution in [1.29, 1.82) is 0 Å². The van der Waals surface area contributed by atoms with E-state index in [0.717, 1.165) is 48.8 Å². The zero-order valence-electron chi connectivity index (χ0n) is 15.8. The molecule has 146 valence electrons. The fraction of sp³-hybridized carbons (Fsp3) is 0.318. The van der Waals surface area contributed by atoms with Crippen LogP contribution in [0.4, 0.5) is 5.69 Å². The van der Waals surface area contributed by atoms with Gasteiger partial charge in [-0.25, -0.2) is 0 Å². The number of aromatic amines is 1. The van der Waals surface area contributed by atoms with Gasteiger partial charge in [0.05, 0.1) is 6.54 Å². The van der Waals surface area contributed by atoms with E-state index in [4.69, 9.17) is 11.6 Å². The van der Waals surface area contributed by atoms with E-state index < -0.39 is 0 Å². The number of carbonyl (C=O) groups is 1. The SMILES string of the molecule is O=C(CN1CCN(c2cccc(Cl)c2)CC1)NCCc1c[nH]c2ccccc12. The van der Waals surface area contributed by atoms with Crippen molar-refractivity contribution in [3.05, 3.63) is 65.3 Å². The lowest BCUT2D eigenvalue weighted by molar-refractivity contribution is -0.122. The number of hydrogen-bond donors (Lipinski definition) is 2. The molecule has 0 spiro atoms. The molecule has 1 aliphatic heterocycles. The van der Waals surface area contributed by atoms with Crippen molar-refractivity contribution < 1.29 is 4.79 Å². The summed E-state index contributed by atoms with van der Waals surface area (Å²) in [7, 11) is 0. The van der Waals surface area contributed by atoms with E-state index in [0.29, 0.717) is 13.1 Å². The zero-order valence-corrected chi connectivity index (χ0v) is 16.6. The Balaban J connectivity index is 1.21. The molecule has 1 fully saturated rings. The van der Waals surface area contributed by atoms with Gasteiger partial charge in [0.25, 0.3) is 0 Å². The van der Waals surface area contributed by atoms with Crippen LogP contribution in [0.1, 0.15) is 5.56 Å². The van der Waals surface area contributed by atoms with E-state index in [1.54, 1.807) is 0 Å². The minimum absolute atomic E-state index is 0.0936. The van der Waals surface area contributed by atoms with E-state index in [-0.39, 0.29) is 5.91 Å². The van der Waals surface area contributed by atoms with Gasteiger partial charge in [0, 0.05) is 60.5 Å². The number of aromatic nitrogens is 1. The number of amides is 1. The maximum Gasteiger partial charge on any atom is 0.234 e. The Kier molecular flexibility index (Phi) is 5.84. The first-order chi connectivity index (χ1) is 13.7. The molecule has 28 heavy (non-hydrogen) atoms. The Morgan fingerprint density at radius 2 is 1.89 bits per heavy atom. The molecule has 1 aliphatic rings. The standard InChI is InChI=1S/C22H25ClN4O/c23-18-4-3-5-19(14-18)27-12-10-26(11-13-27)16-22(28)24-9-8-17-15-25-21-7-2-1-6-20(17)21/h1-7,14-15,25H,8-13,16H2,(H,24,28). The number of piperazine rings is 1. The molecule has 2 heterocycles. The number of hydrogen-bond acceptors (Lipinski definition) is 3. The second-order valence-electron chi connectivity index (χ2n) is 7.20. The van der Waals surface area contributed by atoms with E-state index in [9.17, 15) is 4.79 Å². The molecule has 0 aliphatic carbocycles. The third-order valence-corrected chi connectivity index (χ3v) is 5.54. The Bertz CT molecular complexity index is 946. The molecule has 1 amide bonds. The first-order valence-electron chi connectivity index (χ1n) is 9.73. The lowest BCUT2D eigenvalue weighted by Gasteiger charge is -2.35. The maximum absolute atomic E-state index is 12.3. The van der Waals surface area contributed by atoms with Crippen LogP contribution in [-0.2, 0) is 11.2 Å². The number of carbonyl (C=O) groups excluding carboxylic acids is 1. The largest absolute Gasteiger partial charge is 0.369 e. The molecule has 6 heteroatoms. The predicted molar refractivity (Wildman–Crippen MR) is 115 cm³/mol. The summed E-state index contributed by atoms with van der Waals surface area (Å²) in [5.41, 5.74) is 3.53. The summed E-state index contributed by atoms with van der Waals surface area (Å²) in [5.74, 6) is 0.0936. The summed E-state index contributed by atoms with van der Waals surface area (Å²) < 4.78 is 0. The van der Waals surface area contributed by atoms with Gasteiger partial charge in [-0.1, -0.05) is 35.9 Å². The van der Waals surface area contributed by atoms with Crippen LogP contribution in [0.15, 0.2) is 54.7 Å². The third kappa shape index (κ3) is 4.49. The molecule has 0 saturated carbocycles. The van der Waals surface area contributed by atoms with Gasteiger partial charge in [-0.05, 0) is 36.2 Å². The number of halogens is 1. The molecule has 5 nitrogen and oxygen atoms in total. The van der Waals surface area contributed by atoms with E-state index >= 15 is 0 Å². The summed E-state index contributed by atoms with van der Waals surface area (Å²) in [5, 5.41) is 5.05. The molecule has 1 aromatic heterocycles. The fourth-order valence-electron chi connectivity index (χ4n) is 3.77. The predicted octanol–water partition coefficient (Wildman–Crippen LogP) is 3.30. The maximum atomic E-state index is 12.3. The smallest absolute Gasteiger partial charge is 0.234 e. The quantitative estimate of drug-likeness (QED) is 0.672. The second kappa shape index (κ2) is 8.67. The van der Waals surface area contributed by atoms with Crippen LogP contribution < -0.4 is 10.2 Å². The Morgan fingerprint density at radius 1 is 1.07 bits per heavy atom. The van der Waals surface area contributed by atoms with Gasteiger partial charge in [-0.15, -0.1) is 0 Å². The molecule has 0 bridgehead atoms. The van der Waals surface area contributed by atoms with Gasteiger partial charge in [0.15, 0.2) is 0 Å². The second-order valence-corrected chi connectivity index (χ2v) is 7.64. The Labute approximate surface area is 170 Å². The van der Waals surface area contributed by atoms with Crippen molar-refractivity contribution in [2.75, 3.05) is 44.2 Å². The van der Waals surface area contributed by atoms with Gasteiger partial charge >= 0.3 is 0 Å². The molecule has 1 saturated heterocycles. The minimum Gasteiger partial charge on any atom is -0.369 e. The number of nitrogens with one attached hydrogen (secondary N) is 2. The van der Waals surface area contributed by atoms with Crippen molar-refractivity contribution in [3.63, 3.8) is 0 Å². The Morgan fingerprint density at radius 3 is 2.71 bits per heavy atom.